The Morgan fingerprint density at radius 1 is 1.35 bits per heavy atom. The van der Waals surface area contributed by atoms with Crippen LogP contribution in [0, 0.1) is 17.8 Å². The molecule has 1 fully saturated rings. The van der Waals surface area contributed by atoms with E-state index < -0.39 is 0 Å². The predicted octanol–water partition coefficient (Wildman–Crippen LogP) is 3.19. The first kappa shape index (κ1) is 15.5. The zero-order valence-electron chi connectivity index (χ0n) is 13.6. The summed E-state index contributed by atoms with van der Waals surface area (Å²) in [6.45, 7) is 11.2. The van der Waals surface area contributed by atoms with Gasteiger partial charge in [-0.3, -0.25) is 0 Å². The van der Waals surface area contributed by atoms with Gasteiger partial charge in [0.15, 0.2) is 0 Å². The summed E-state index contributed by atoms with van der Waals surface area (Å²) in [5.74, 6) is 2.96. The van der Waals surface area contributed by atoms with Crippen LogP contribution in [-0.4, -0.2) is 20.3 Å². The molecular formula is C16H30N4. The number of hydrogen-bond donors (Lipinski definition) is 1. The van der Waals surface area contributed by atoms with Gasteiger partial charge in [-0.05, 0) is 44.4 Å². The molecule has 0 saturated heterocycles. The standard InChI is InChI=1S/C16H30N4/c1-11(2)14-7-6-13(5)8-16(14,17)9-15-18-10-19-20(15)12(3)4/h10-14H,6-9,17H2,1-5H3. The Labute approximate surface area is 123 Å². The Hall–Kier alpha value is -0.900. The molecule has 3 unspecified atom stereocenters. The first-order chi connectivity index (χ1) is 9.33. The molecule has 0 aliphatic heterocycles. The van der Waals surface area contributed by atoms with Gasteiger partial charge in [0.2, 0.25) is 0 Å². The molecule has 114 valence electrons. The van der Waals surface area contributed by atoms with Crippen LogP contribution in [0.1, 0.15) is 65.7 Å². The number of nitrogens with two attached hydrogens (primary N) is 1. The summed E-state index contributed by atoms with van der Waals surface area (Å²) in [5, 5.41) is 4.35. The second-order valence-electron chi connectivity index (χ2n) is 7.36. The van der Waals surface area contributed by atoms with Crippen molar-refractivity contribution < 1.29 is 0 Å². The van der Waals surface area contributed by atoms with Crippen molar-refractivity contribution in [3.05, 3.63) is 12.2 Å². The fraction of sp³-hybridized carbons (Fsp3) is 0.875. The van der Waals surface area contributed by atoms with Gasteiger partial charge < -0.3 is 5.73 Å². The number of rotatable bonds is 4. The van der Waals surface area contributed by atoms with Gasteiger partial charge in [0.05, 0.1) is 0 Å². The molecule has 3 atom stereocenters. The third-order valence-corrected chi connectivity index (χ3v) is 4.87. The molecule has 0 bridgehead atoms. The maximum Gasteiger partial charge on any atom is 0.138 e. The summed E-state index contributed by atoms with van der Waals surface area (Å²) in [6, 6.07) is 0.342. The monoisotopic (exact) mass is 278 g/mol. The van der Waals surface area contributed by atoms with E-state index in [1.807, 2.05) is 4.68 Å². The molecule has 0 radical (unpaired) electrons. The summed E-state index contributed by atoms with van der Waals surface area (Å²) in [7, 11) is 0. The summed E-state index contributed by atoms with van der Waals surface area (Å²) < 4.78 is 2.02. The van der Waals surface area contributed by atoms with Gasteiger partial charge in [0.25, 0.3) is 0 Å². The van der Waals surface area contributed by atoms with Crippen LogP contribution in [0.3, 0.4) is 0 Å². The fourth-order valence-electron chi connectivity index (χ4n) is 3.98. The lowest BCUT2D eigenvalue weighted by Gasteiger charge is -2.46. The minimum atomic E-state index is -0.133. The Morgan fingerprint density at radius 3 is 2.65 bits per heavy atom. The average molecular weight is 278 g/mol. The van der Waals surface area contributed by atoms with Gasteiger partial charge in [-0.2, -0.15) is 5.10 Å². The lowest BCUT2D eigenvalue weighted by molar-refractivity contribution is 0.106. The van der Waals surface area contributed by atoms with Crippen LogP contribution in [-0.2, 0) is 6.42 Å². The summed E-state index contributed by atoms with van der Waals surface area (Å²) >= 11 is 0. The number of hydrogen-bond acceptors (Lipinski definition) is 3. The molecule has 0 spiro atoms. The molecule has 1 aromatic rings. The van der Waals surface area contributed by atoms with Crippen LogP contribution < -0.4 is 5.73 Å². The largest absolute Gasteiger partial charge is 0.324 e. The highest BCUT2D eigenvalue weighted by atomic mass is 15.3. The van der Waals surface area contributed by atoms with Crippen LogP contribution in [0.25, 0.3) is 0 Å². The van der Waals surface area contributed by atoms with Crippen molar-refractivity contribution in [1.29, 1.82) is 0 Å². The van der Waals surface area contributed by atoms with Crippen LogP contribution in [0.15, 0.2) is 6.33 Å². The number of aromatic nitrogens is 3. The maximum absolute atomic E-state index is 6.87. The molecule has 2 rings (SSSR count). The van der Waals surface area contributed by atoms with E-state index in [1.54, 1.807) is 6.33 Å². The third kappa shape index (κ3) is 3.05. The van der Waals surface area contributed by atoms with Crippen molar-refractivity contribution in [3.8, 4) is 0 Å². The second kappa shape index (κ2) is 5.84. The highest BCUT2D eigenvalue weighted by Crippen LogP contribution is 2.41. The first-order valence-electron chi connectivity index (χ1n) is 8.00. The van der Waals surface area contributed by atoms with Gasteiger partial charge in [0, 0.05) is 18.0 Å². The smallest absolute Gasteiger partial charge is 0.138 e. The molecule has 0 amide bonds. The van der Waals surface area contributed by atoms with Crippen LogP contribution >= 0.6 is 0 Å². The van der Waals surface area contributed by atoms with E-state index in [-0.39, 0.29) is 5.54 Å². The molecule has 1 aliphatic carbocycles. The predicted molar refractivity (Wildman–Crippen MR) is 82.4 cm³/mol. The Kier molecular flexibility index (Phi) is 4.52. The summed E-state index contributed by atoms with van der Waals surface area (Å²) in [4.78, 5) is 4.47. The minimum absolute atomic E-state index is 0.133. The second-order valence-corrected chi connectivity index (χ2v) is 7.36. The van der Waals surface area contributed by atoms with Crippen molar-refractivity contribution in [2.75, 3.05) is 0 Å². The first-order valence-corrected chi connectivity index (χ1v) is 8.00. The quantitative estimate of drug-likeness (QED) is 0.920. The normalized spacial score (nSPS) is 31.2. The lowest BCUT2D eigenvalue weighted by Crippen LogP contribution is -2.54. The van der Waals surface area contributed by atoms with E-state index in [0.717, 1.165) is 18.7 Å². The van der Waals surface area contributed by atoms with Crippen molar-refractivity contribution in [2.24, 2.45) is 23.5 Å². The summed E-state index contributed by atoms with van der Waals surface area (Å²) in [6.07, 6.45) is 6.15. The third-order valence-electron chi connectivity index (χ3n) is 4.87. The molecule has 2 N–H and O–H groups in total. The minimum Gasteiger partial charge on any atom is -0.324 e. The van der Waals surface area contributed by atoms with E-state index in [9.17, 15) is 0 Å². The van der Waals surface area contributed by atoms with Crippen molar-refractivity contribution in [2.45, 2.75) is 71.9 Å². The van der Waals surface area contributed by atoms with E-state index in [4.69, 9.17) is 5.73 Å². The van der Waals surface area contributed by atoms with Crippen LogP contribution in [0.5, 0.6) is 0 Å². The topological polar surface area (TPSA) is 56.7 Å². The molecule has 1 aliphatic rings. The van der Waals surface area contributed by atoms with E-state index >= 15 is 0 Å². The molecule has 1 heterocycles. The molecular weight excluding hydrogens is 248 g/mol. The van der Waals surface area contributed by atoms with Crippen molar-refractivity contribution in [3.63, 3.8) is 0 Å². The van der Waals surface area contributed by atoms with Gasteiger partial charge in [-0.25, -0.2) is 9.67 Å². The van der Waals surface area contributed by atoms with Crippen molar-refractivity contribution in [1.82, 2.24) is 14.8 Å². The highest BCUT2D eigenvalue weighted by molar-refractivity contribution is 5.05. The van der Waals surface area contributed by atoms with Crippen LogP contribution in [0.4, 0.5) is 0 Å². The van der Waals surface area contributed by atoms with Gasteiger partial charge in [-0.15, -0.1) is 0 Å². The van der Waals surface area contributed by atoms with E-state index in [2.05, 4.69) is 44.7 Å². The molecule has 0 aromatic carbocycles. The Bertz CT molecular complexity index is 437. The molecule has 4 heteroatoms. The molecule has 1 saturated carbocycles. The SMILES string of the molecule is CC1CCC(C(C)C)C(N)(Cc2ncnn2C(C)C)C1. The zero-order chi connectivity index (χ0) is 14.9. The average Bonchev–Trinajstić information content (AvgIpc) is 2.75. The highest BCUT2D eigenvalue weighted by Gasteiger charge is 2.42. The summed E-state index contributed by atoms with van der Waals surface area (Å²) in [5.41, 5.74) is 6.74. The van der Waals surface area contributed by atoms with Crippen LogP contribution in [0.2, 0.25) is 0 Å². The lowest BCUT2D eigenvalue weighted by atomic mass is 9.64. The zero-order valence-corrected chi connectivity index (χ0v) is 13.6. The molecule has 20 heavy (non-hydrogen) atoms. The Morgan fingerprint density at radius 2 is 2.05 bits per heavy atom. The van der Waals surface area contributed by atoms with Gasteiger partial charge >= 0.3 is 0 Å². The molecule has 4 nitrogen and oxygen atoms in total. The number of nitrogens with zero attached hydrogens (tertiary/aromatic N) is 3. The van der Waals surface area contributed by atoms with Gasteiger partial charge in [0.1, 0.15) is 12.2 Å². The fourth-order valence-corrected chi connectivity index (χ4v) is 3.98. The van der Waals surface area contributed by atoms with E-state index in [0.29, 0.717) is 23.8 Å². The van der Waals surface area contributed by atoms with Gasteiger partial charge in [-0.1, -0.05) is 27.2 Å². The Balaban J connectivity index is 2.24. The maximum atomic E-state index is 6.87. The van der Waals surface area contributed by atoms with Crippen molar-refractivity contribution >= 4 is 0 Å². The van der Waals surface area contributed by atoms with E-state index in [1.165, 1.54) is 12.8 Å². The molecule has 1 aromatic heterocycles.